The van der Waals surface area contributed by atoms with Gasteiger partial charge in [0.1, 0.15) is 5.75 Å². The number of hydrogen-bond donors (Lipinski definition) is 1. The van der Waals surface area contributed by atoms with Gasteiger partial charge in [-0.2, -0.15) is 0 Å². The number of rotatable bonds is 7. The maximum Gasteiger partial charge on any atom is 0.262 e. The topological polar surface area (TPSA) is 108 Å². The number of nitrogens with one attached hydrogen (secondary N) is 1. The van der Waals surface area contributed by atoms with Crippen molar-refractivity contribution in [3.05, 3.63) is 58.4 Å². The maximum atomic E-state index is 13.0. The molecule has 4 aromatic rings. The number of hydrogen-bond acceptors (Lipinski definition) is 7. The Morgan fingerprint density at radius 2 is 2.03 bits per heavy atom. The van der Waals surface area contributed by atoms with E-state index in [1.807, 2.05) is 22.6 Å². The van der Waals surface area contributed by atoms with Crippen LogP contribution in [0, 0.1) is 0 Å². The van der Waals surface area contributed by atoms with Gasteiger partial charge < -0.3 is 10.1 Å². The molecule has 9 nitrogen and oxygen atoms in total. The summed E-state index contributed by atoms with van der Waals surface area (Å²) < 4.78 is 8.84. The van der Waals surface area contributed by atoms with E-state index >= 15 is 0 Å². The first kappa shape index (κ1) is 21.2. The maximum absolute atomic E-state index is 13.0. The molecule has 0 bridgehead atoms. The van der Waals surface area contributed by atoms with Gasteiger partial charge in [0, 0.05) is 12.1 Å². The Bertz CT molecular complexity index is 1460. The van der Waals surface area contributed by atoms with Crippen molar-refractivity contribution in [2.24, 2.45) is 0 Å². The molecular weight excluding hydrogens is 442 g/mol. The highest BCUT2D eigenvalue weighted by molar-refractivity contribution is 7.99. The fourth-order valence-corrected chi connectivity index (χ4v) is 4.65. The quantitative estimate of drug-likeness (QED) is 0.331. The SMILES string of the molecule is CCCCn1c(=O)c2ccccc2n2c(SCC(=O)c3ccc4c(c3)NC(=O)CO4)nnc12. The smallest absolute Gasteiger partial charge is 0.262 e. The number of aromatic nitrogens is 4. The normalized spacial score (nSPS) is 13.1. The largest absolute Gasteiger partial charge is 0.482 e. The number of carbonyl (C=O) groups is 2. The van der Waals surface area contributed by atoms with E-state index < -0.39 is 0 Å². The summed E-state index contributed by atoms with van der Waals surface area (Å²) in [5, 5.41) is 12.4. The number of carbonyl (C=O) groups excluding carboxylic acids is 2. The lowest BCUT2D eigenvalue weighted by molar-refractivity contribution is -0.118. The van der Waals surface area contributed by atoms with Gasteiger partial charge in [0.05, 0.1) is 22.3 Å². The van der Waals surface area contributed by atoms with E-state index in [9.17, 15) is 14.4 Å². The van der Waals surface area contributed by atoms with Gasteiger partial charge in [0.2, 0.25) is 5.78 Å². The number of amides is 1. The minimum Gasteiger partial charge on any atom is -0.482 e. The number of anilines is 1. The molecule has 10 heteroatoms. The molecular formula is C23H21N5O4S. The highest BCUT2D eigenvalue weighted by Crippen LogP contribution is 2.29. The molecule has 0 aliphatic carbocycles. The first-order valence-corrected chi connectivity index (χ1v) is 11.6. The van der Waals surface area contributed by atoms with Gasteiger partial charge in [0.15, 0.2) is 17.5 Å². The van der Waals surface area contributed by atoms with E-state index in [0.29, 0.717) is 45.4 Å². The van der Waals surface area contributed by atoms with E-state index in [2.05, 4.69) is 22.4 Å². The van der Waals surface area contributed by atoms with Crippen LogP contribution in [0.5, 0.6) is 5.75 Å². The number of para-hydroxylation sites is 1. The lowest BCUT2D eigenvalue weighted by atomic mass is 10.1. The number of ether oxygens (including phenoxy) is 1. The molecule has 1 amide bonds. The molecule has 0 saturated heterocycles. The number of unbranched alkanes of at least 4 members (excludes halogenated alkanes) is 1. The second kappa shape index (κ2) is 8.70. The van der Waals surface area contributed by atoms with Gasteiger partial charge in [-0.3, -0.25) is 23.4 Å². The van der Waals surface area contributed by atoms with Crippen LogP contribution in [0.1, 0.15) is 30.1 Å². The van der Waals surface area contributed by atoms with Crippen molar-refractivity contribution >= 4 is 45.8 Å². The van der Waals surface area contributed by atoms with Crippen LogP contribution in [0.25, 0.3) is 16.7 Å². The minimum atomic E-state index is -0.252. The molecule has 0 spiro atoms. The third-order valence-corrected chi connectivity index (χ3v) is 6.41. The lowest BCUT2D eigenvalue weighted by Gasteiger charge is -2.18. The molecule has 5 rings (SSSR count). The predicted molar refractivity (Wildman–Crippen MR) is 125 cm³/mol. The molecule has 0 saturated carbocycles. The Labute approximate surface area is 192 Å². The van der Waals surface area contributed by atoms with E-state index in [0.717, 1.165) is 12.8 Å². The molecule has 2 aromatic heterocycles. The molecule has 0 fully saturated rings. The second-order valence-corrected chi connectivity index (χ2v) is 8.65. The summed E-state index contributed by atoms with van der Waals surface area (Å²) in [5.74, 6) is 0.756. The van der Waals surface area contributed by atoms with Crippen LogP contribution in [0.4, 0.5) is 5.69 Å². The zero-order valence-electron chi connectivity index (χ0n) is 17.9. The van der Waals surface area contributed by atoms with Crippen LogP contribution in [-0.4, -0.2) is 43.2 Å². The van der Waals surface area contributed by atoms with Crippen molar-refractivity contribution in [1.29, 1.82) is 0 Å². The summed E-state index contributed by atoms with van der Waals surface area (Å²) in [6, 6.07) is 12.3. The molecule has 168 valence electrons. The fraction of sp³-hybridized carbons (Fsp3) is 0.261. The number of Topliss-reactive ketones (excluding diaryl/α,β-unsaturated/α-hetero) is 1. The number of ketones is 1. The van der Waals surface area contributed by atoms with Crippen LogP contribution in [-0.2, 0) is 11.3 Å². The summed E-state index contributed by atoms with van der Waals surface area (Å²) in [5.41, 5.74) is 1.57. The summed E-state index contributed by atoms with van der Waals surface area (Å²) in [6.07, 6.45) is 1.79. The molecule has 2 aromatic carbocycles. The zero-order valence-corrected chi connectivity index (χ0v) is 18.7. The molecule has 33 heavy (non-hydrogen) atoms. The number of benzene rings is 2. The van der Waals surface area contributed by atoms with Crippen LogP contribution < -0.4 is 15.6 Å². The van der Waals surface area contributed by atoms with Crippen molar-refractivity contribution < 1.29 is 14.3 Å². The third-order valence-electron chi connectivity index (χ3n) is 5.48. The number of thioether (sulfide) groups is 1. The third kappa shape index (κ3) is 3.86. The number of fused-ring (bicyclic) bond motifs is 4. The van der Waals surface area contributed by atoms with Gasteiger partial charge in [-0.1, -0.05) is 37.2 Å². The molecule has 1 N–H and O–H groups in total. The average molecular weight is 464 g/mol. The highest BCUT2D eigenvalue weighted by Gasteiger charge is 2.20. The molecule has 0 radical (unpaired) electrons. The van der Waals surface area contributed by atoms with Crippen molar-refractivity contribution in [3.8, 4) is 5.75 Å². The van der Waals surface area contributed by atoms with Gasteiger partial charge in [-0.05, 0) is 36.8 Å². The minimum absolute atomic E-state index is 0.0343. The summed E-state index contributed by atoms with van der Waals surface area (Å²) in [7, 11) is 0. The van der Waals surface area contributed by atoms with Crippen molar-refractivity contribution in [2.45, 2.75) is 31.5 Å². The van der Waals surface area contributed by atoms with E-state index in [1.165, 1.54) is 11.8 Å². The second-order valence-electron chi connectivity index (χ2n) is 7.71. The Hall–Kier alpha value is -3.66. The van der Waals surface area contributed by atoms with Gasteiger partial charge in [-0.15, -0.1) is 10.2 Å². The fourth-order valence-electron chi connectivity index (χ4n) is 3.81. The number of aryl methyl sites for hydroxylation is 1. The standard InChI is InChI=1S/C23H21N5O4S/c1-2-3-10-27-21(31)15-6-4-5-7-17(15)28-22(27)25-26-23(28)33-13-18(29)14-8-9-19-16(11-14)24-20(30)12-32-19/h4-9,11H,2-3,10,12-13H2,1H3,(H,24,30). The van der Waals surface area contributed by atoms with Crippen LogP contribution in [0.3, 0.4) is 0 Å². The van der Waals surface area contributed by atoms with Crippen molar-refractivity contribution in [1.82, 2.24) is 19.2 Å². The summed E-state index contributed by atoms with van der Waals surface area (Å²) in [6.45, 7) is 2.58. The molecule has 0 unspecified atom stereocenters. The Balaban J connectivity index is 1.47. The Kier molecular flexibility index (Phi) is 5.59. The van der Waals surface area contributed by atoms with E-state index in [4.69, 9.17) is 4.74 Å². The van der Waals surface area contributed by atoms with Crippen LogP contribution >= 0.6 is 11.8 Å². The van der Waals surface area contributed by atoms with Crippen LogP contribution in [0.2, 0.25) is 0 Å². The monoisotopic (exact) mass is 463 g/mol. The highest BCUT2D eigenvalue weighted by atomic mass is 32.2. The molecule has 1 aliphatic rings. The van der Waals surface area contributed by atoms with Gasteiger partial charge in [-0.25, -0.2) is 0 Å². The lowest BCUT2D eigenvalue weighted by Crippen LogP contribution is -2.25. The van der Waals surface area contributed by atoms with Gasteiger partial charge in [0.25, 0.3) is 11.5 Å². The molecule has 1 aliphatic heterocycles. The Morgan fingerprint density at radius 1 is 1.18 bits per heavy atom. The van der Waals surface area contributed by atoms with Crippen molar-refractivity contribution in [2.75, 3.05) is 17.7 Å². The van der Waals surface area contributed by atoms with Crippen LogP contribution in [0.15, 0.2) is 52.4 Å². The zero-order chi connectivity index (χ0) is 22.9. The average Bonchev–Trinajstić information content (AvgIpc) is 3.26. The summed E-state index contributed by atoms with van der Waals surface area (Å²) >= 11 is 1.26. The van der Waals surface area contributed by atoms with E-state index in [-0.39, 0.29) is 29.6 Å². The van der Waals surface area contributed by atoms with Crippen molar-refractivity contribution in [3.63, 3.8) is 0 Å². The van der Waals surface area contributed by atoms with E-state index in [1.54, 1.807) is 28.8 Å². The first-order valence-electron chi connectivity index (χ1n) is 10.7. The Morgan fingerprint density at radius 3 is 2.88 bits per heavy atom. The first-order chi connectivity index (χ1) is 16.1. The number of nitrogens with zero attached hydrogens (tertiary/aromatic N) is 4. The summed E-state index contributed by atoms with van der Waals surface area (Å²) in [4.78, 5) is 37.5. The predicted octanol–water partition coefficient (Wildman–Crippen LogP) is 3.15. The van der Waals surface area contributed by atoms with Gasteiger partial charge >= 0.3 is 0 Å². The molecule has 0 atom stereocenters. The molecule has 3 heterocycles.